The molecule has 3 aliphatic rings. The number of hydrogen-bond donors (Lipinski definition) is 1. The number of rotatable bonds is 5. The molecule has 1 aromatic carbocycles. The normalized spacial score (nSPS) is 21.7. The van der Waals surface area contributed by atoms with Crippen LogP contribution in [0, 0.1) is 0 Å². The van der Waals surface area contributed by atoms with E-state index >= 15 is 0 Å². The lowest BCUT2D eigenvalue weighted by Gasteiger charge is -2.24. The van der Waals surface area contributed by atoms with Crippen LogP contribution in [0.4, 0.5) is 5.69 Å². The van der Waals surface area contributed by atoms with Crippen LogP contribution in [0.1, 0.15) is 60.4 Å². The molecule has 1 aromatic heterocycles. The second kappa shape index (κ2) is 7.62. The van der Waals surface area contributed by atoms with Gasteiger partial charge in [-0.15, -0.1) is 0 Å². The van der Waals surface area contributed by atoms with Crippen LogP contribution in [0.3, 0.4) is 0 Å². The molecule has 32 heavy (non-hydrogen) atoms. The fraction of sp³-hybridized carbons (Fsp3) is 0.542. The summed E-state index contributed by atoms with van der Waals surface area (Å²) in [6.07, 6.45) is 6.60. The molecule has 2 aliphatic carbocycles. The number of anilines is 1. The Hall–Kier alpha value is -2.87. The van der Waals surface area contributed by atoms with Crippen molar-refractivity contribution in [2.75, 3.05) is 26.1 Å². The number of esters is 1. The molecule has 0 saturated heterocycles. The van der Waals surface area contributed by atoms with Gasteiger partial charge in [0.1, 0.15) is 17.8 Å². The van der Waals surface area contributed by atoms with Gasteiger partial charge in [-0.3, -0.25) is 0 Å². The van der Waals surface area contributed by atoms with Crippen molar-refractivity contribution in [3.8, 4) is 0 Å². The Kier molecular flexibility index (Phi) is 5.00. The largest absolute Gasteiger partial charge is 0.466 e. The van der Waals surface area contributed by atoms with Gasteiger partial charge in [-0.05, 0) is 74.6 Å². The molecular weight excluding hydrogens is 410 g/mol. The maximum atomic E-state index is 12.9. The lowest BCUT2D eigenvalue weighted by molar-refractivity contribution is -0.159. The van der Waals surface area contributed by atoms with Gasteiger partial charge in [0.15, 0.2) is 5.76 Å². The van der Waals surface area contributed by atoms with E-state index in [1.807, 2.05) is 13.8 Å². The zero-order valence-electron chi connectivity index (χ0n) is 19.0. The quantitative estimate of drug-likeness (QED) is 0.714. The SMILES string of the molecule is COC(=O)C1(c2cc(C(C)(C)OC)on2)CN=C(Nc2c3c(cc4c2CCC4)CCC3)O1. The topological polar surface area (TPSA) is 95.2 Å². The minimum Gasteiger partial charge on any atom is -0.466 e. The summed E-state index contributed by atoms with van der Waals surface area (Å²) in [5.41, 5.74) is 4.73. The Morgan fingerprint density at radius 3 is 2.41 bits per heavy atom. The van der Waals surface area contributed by atoms with Crippen molar-refractivity contribution in [2.24, 2.45) is 4.99 Å². The third-order valence-corrected chi connectivity index (χ3v) is 6.96. The van der Waals surface area contributed by atoms with Gasteiger partial charge in [0.25, 0.3) is 11.6 Å². The summed E-state index contributed by atoms with van der Waals surface area (Å²) < 4.78 is 22.2. The highest BCUT2D eigenvalue weighted by Crippen LogP contribution is 2.40. The highest BCUT2D eigenvalue weighted by atomic mass is 16.6. The second-order valence-corrected chi connectivity index (χ2v) is 9.19. The molecule has 0 spiro atoms. The first-order chi connectivity index (χ1) is 15.4. The predicted molar refractivity (Wildman–Crippen MR) is 118 cm³/mol. The second-order valence-electron chi connectivity index (χ2n) is 9.19. The summed E-state index contributed by atoms with van der Waals surface area (Å²) in [6, 6.07) is 4.36. The number of carbonyl (C=O) groups is 1. The van der Waals surface area contributed by atoms with E-state index < -0.39 is 17.2 Å². The lowest BCUT2D eigenvalue weighted by Crippen LogP contribution is -2.41. The number of hydrogen-bond acceptors (Lipinski definition) is 8. The first kappa shape index (κ1) is 21.0. The highest BCUT2D eigenvalue weighted by molar-refractivity contribution is 5.96. The van der Waals surface area contributed by atoms with Crippen molar-refractivity contribution >= 4 is 17.7 Å². The Bertz CT molecular complexity index is 1070. The van der Waals surface area contributed by atoms with Gasteiger partial charge in [0.2, 0.25) is 0 Å². The number of methoxy groups -OCH3 is 2. The zero-order chi connectivity index (χ0) is 22.5. The summed E-state index contributed by atoms with van der Waals surface area (Å²) >= 11 is 0. The maximum absolute atomic E-state index is 12.9. The van der Waals surface area contributed by atoms with Crippen molar-refractivity contribution in [3.05, 3.63) is 45.8 Å². The molecule has 170 valence electrons. The zero-order valence-corrected chi connectivity index (χ0v) is 19.0. The molecule has 2 aromatic rings. The average molecular weight is 440 g/mol. The predicted octanol–water partition coefficient (Wildman–Crippen LogP) is 3.40. The molecule has 0 amide bonds. The van der Waals surface area contributed by atoms with Gasteiger partial charge in [-0.1, -0.05) is 11.2 Å². The number of carbonyl (C=O) groups excluding carboxylic acids is 1. The van der Waals surface area contributed by atoms with Crippen LogP contribution >= 0.6 is 0 Å². The van der Waals surface area contributed by atoms with E-state index in [0.717, 1.165) is 44.2 Å². The lowest BCUT2D eigenvalue weighted by atomic mass is 9.97. The number of aryl methyl sites for hydroxylation is 2. The van der Waals surface area contributed by atoms with Gasteiger partial charge in [-0.2, -0.15) is 0 Å². The number of aliphatic imine (C=N–C) groups is 1. The first-order valence-corrected chi connectivity index (χ1v) is 11.2. The van der Waals surface area contributed by atoms with Crippen LogP contribution in [0.25, 0.3) is 0 Å². The van der Waals surface area contributed by atoms with Crippen molar-refractivity contribution < 1.29 is 23.5 Å². The van der Waals surface area contributed by atoms with E-state index in [-0.39, 0.29) is 6.54 Å². The van der Waals surface area contributed by atoms with Crippen LogP contribution in [0.2, 0.25) is 0 Å². The fourth-order valence-electron chi connectivity index (χ4n) is 4.91. The average Bonchev–Trinajstić information content (AvgIpc) is 3.58. The third kappa shape index (κ3) is 3.20. The molecule has 1 aliphatic heterocycles. The van der Waals surface area contributed by atoms with E-state index in [2.05, 4.69) is 21.5 Å². The Morgan fingerprint density at radius 2 is 1.78 bits per heavy atom. The van der Waals surface area contributed by atoms with Gasteiger partial charge >= 0.3 is 5.97 Å². The molecule has 0 radical (unpaired) electrons. The van der Waals surface area contributed by atoms with Crippen molar-refractivity contribution in [1.82, 2.24) is 5.16 Å². The van der Waals surface area contributed by atoms with Crippen LogP contribution in [-0.4, -0.2) is 37.9 Å². The van der Waals surface area contributed by atoms with Crippen LogP contribution < -0.4 is 5.32 Å². The molecule has 8 heteroatoms. The summed E-state index contributed by atoms with van der Waals surface area (Å²) in [7, 11) is 2.92. The van der Waals surface area contributed by atoms with E-state index in [4.69, 9.17) is 18.7 Å². The number of amidine groups is 1. The van der Waals surface area contributed by atoms with Crippen LogP contribution in [-0.2, 0) is 55.9 Å². The number of ether oxygens (including phenoxy) is 3. The van der Waals surface area contributed by atoms with Gasteiger partial charge in [0.05, 0.1) is 7.11 Å². The molecule has 0 bridgehead atoms. The Labute approximate surface area is 187 Å². The Balaban J connectivity index is 1.46. The first-order valence-electron chi connectivity index (χ1n) is 11.2. The molecule has 0 fully saturated rings. The number of fused-ring (bicyclic) bond motifs is 2. The van der Waals surface area contributed by atoms with Gasteiger partial charge in [0, 0.05) is 18.9 Å². The number of nitrogens with zero attached hydrogens (tertiary/aromatic N) is 2. The third-order valence-electron chi connectivity index (χ3n) is 6.96. The summed E-state index contributed by atoms with van der Waals surface area (Å²) in [4.78, 5) is 17.4. The standard InChI is InChI=1S/C24H29N3O5/c1-23(2,30-4)19-12-18(27-32-19)24(21(28)29-3)13-25-22(31-24)26-20-16-9-5-7-14(16)11-15-8-6-10-17(15)20/h11-12H,5-10,13H2,1-4H3,(H,25,26). The highest BCUT2D eigenvalue weighted by Gasteiger charge is 2.52. The summed E-state index contributed by atoms with van der Waals surface area (Å²) in [6.45, 7) is 3.77. The molecule has 1 atom stereocenters. The van der Waals surface area contributed by atoms with E-state index in [0.29, 0.717) is 17.5 Å². The molecule has 5 rings (SSSR count). The Morgan fingerprint density at radius 1 is 1.09 bits per heavy atom. The van der Waals surface area contributed by atoms with Crippen molar-refractivity contribution in [1.29, 1.82) is 0 Å². The number of aromatic nitrogens is 1. The fourth-order valence-corrected chi connectivity index (χ4v) is 4.91. The number of nitrogens with one attached hydrogen (secondary N) is 1. The molecular formula is C24H29N3O5. The van der Waals surface area contributed by atoms with Crippen molar-refractivity contribution in [3.63, 3.8) is 0 Å². The van der Waals surface area contributed by atoms with E-state index in [1.54, 1.807) is 13.2 Å². The molecule has 1 N–H and O–H groups in total. The number of benzene rings is 1. The van der Waals surface area contributed by atoms with Gasteiger partial charge in [-0.25, -0.2) is 9.79 Å². The van der Waals surface area contributed by atoms with Gasteiger partial charge < -0.3 is 24.1 Å². The van der Waals surface area contributed by atoms with Crippen LogP contribution in [0.5, 0.6) is 0 Å². The monoisotopic (exact) mass is 439 g/mol. The minimum atomic E-state index is -1.50. The molecule has 1 unspecified atom stereocenters. The minimum absolute atomic E-state index is 0.0542. The smallest absolute Gasteiger partial charge is 0.358 e. The maximum Gasteiger partial charge on any atom is 0.358 e. The summed E-state index contributed by atoms with van der Waals surface area (Å²) in [5, 5.41) is 7.56. The summed E-state index contributed by atoms with van der Waals surface area (Å²) in [5.74, 6) is -0.0846. The van der Waals surface area contributed by atoms with E-state index in [9.17, 15) is 4.79 Å². The molecule has 0 saturated carbocycles. The van der Waals surface area contributed by atoms with E-state index in [1.165, 1.54) is 29.4 Å². The van der Waals surface area contributed by atoms with Crippen molar-refractivity contribution in [2.45, 2.75) is 63.6 Å². The molecule has 8 nitrogen and oxygen atoms in total. The van der Waals surface area contributed by atoms with Crippen LogP contribution in [0.15, 0.2) is 21.6 Å². The molecule has 2 heterocycles.